The molecule has 2 rings (SSSR count). The molecule has 0 saturated heterocycles. The molecule has 1 aromatic carbocycles. The Balaban J connectivity index is 2.76. The standard InChI is InChI=1S/C13H9F4N3/c1-7-3-8(5-18)9(4-11(7)14)10-6-20(2)19-12(10)13(15,16)17/h3-4,6H,1-2H3. The second-order valence-electron chi connectivity index (χ2n) is 4.32. The van der Waals surface area contributed by atoms with E-state index in [2.05, 4.69) is 5.10 Å². The molecule has 104 valence electrons. The number of hydrogen-bond acceptors (Lipinski definition) is 2. The Bertz CT molecular complexity index is 708. The van der Waals surface area contributed by atoms with Gasteiger partial charge in [0.25, 0.3) is 0 Å². The van der Waals surface area contributed by atoms with Crippen LogP contribution in [0.2, 0.25) is 0 Å². The van der Waals surface area contributed by atoms with E-state index in [1.807, 2.05) is 0 Å². The van der Waals surface area contributed by atoms with E-state index in [1.54, 1.807) is 6.07 Å². The van der Waals surface area contributed by atoms with Crippen LogP contribution in [0, 0.1) is 24.1 Å². The van der Waals surface area contributed by atoms with E-state index in [0.29, 0.717) is 0 Å². The van der Waals surface area contributed by atoms with Crippen LogP contribution in [0.5, 0.6) is 0 Å². The zero-order valence-electron chi connectivity index (χ0n) is 10.6. The molecular formula is C13H9F4N3. The maximum Gasteiger partial charge on any atom is 0.435 e. The maximum absolute atomic E-state index is 13.6. The molecule has 0 unspecified atom stereocenters. The zero-order chi connectivity index (χ0) is 15.1. The lowest BCUT2D eigenvalue weighted by molar-refractivity contribution is -0.140. The summed E-state index contributed by atoms with van der Waals surface area (Å²) in [7, 11) is 1.33. The van der Waals surface area contributed by atoms with Crippen LogP contribution in [-0.4, -0.2) is 9.78 Å². The van der Waals surface area contributed by atoms with Crippen molar-refractivity contribution in [3.63, 3.8) is 0 Å². The number of hydrogen-bond donors (Lipinski definition) is 0. The molecule has 0 aliphatic carbocycles. The van der Waals surface area contributed by atoms with E-state index in [0.717, 1.165) is 16.9 Å². The van der Waals surface area contributed by atoms with Gasteiger partial charge in [-0.1, -0.05) is 0 Å². The molecule has 0 aliphatic rings. The number of aryl methyl sites for hydroxylation is 2. The smallest absolute Gasteiger partial charge is 0.275 e. The molecule has 2 aromatic rings. The van der Waals surface area contributed by atoms with Crippen LogP contribution in [0.3, 0.4) is 0 Å². The molecule has 0 N–H and O–H groups in total. The van der Waals surface area contributed by atoms with Crippen LogP contribution < -0.4 is 0 Å². The average molecular weight is 283 g/mol. The van der Waals surface area contributed by atoms with Gasteiger partial charge in [-0.05, 0) is 24.6 Å². The highest BCUT2D eigenvalue weighted by atomic mass is 19.4. The molecule has 20 heavy (non-hydrogen) atoms. The lowest BCUT2D eigenvalue weighted by Gasteiger charge is -2.08. The number of alkyl halides is 3. The van der Waals surface area contributed by atoms with Crippen LogP contribution in [0.1, 0.15) is 16.8 Å². The molecule has 0 spiro atoms. The fraction of sp³-hybridized carbons (Fsp3) is 0.231. The van der Waals surface area contributed by atoms with Crippen LogP contribution >= 0.6 is 0 Å². The van der Waals surface area contributed by atoms with Crippen molar-refractivity contribution < 1.29 is 17.6 Å². The predicted octanol–water partition coefficient (Wildman–Crippen LogP) is 3.43. The van der Waals surface area contributed by atoms with Crippen molar-refractivity contribution >= 4 is 0 Å². The van der Waals surface area contributed by atoms with Gasteiger partial charge in [0.15, 0.2) is 5.69 Å². The third kappa shape index (κ3) is 2.37. The Hall–Kier alpha value is -2.36. The van der Waals surface area contributed by atoms with E-state index >= 15 is 0 Å². The van der Waals surface area contributed by atoms with Crippen LogP contribution in [0.15, 0.2) is 18.3 Å². The summed E-state index contributed by atoms with van der Waals surface area (Å²) in [5, 5.41) is 12.4. The van der Waals surface area contributed by atoms with Gasteiger partial charge in [0.05, 0.1) is 11.6 Å². The quantitative estimate of drug-likeness (QED) is 0.752. The fourth-order valence-electron chi connectivity index (χ4n) is 1.89. The topological polar surface area (TPSA) is 41.6 Å². The third-order valence-electron chi connectivity index (χ3n) is 2.81. The van der Waals surface area contributed by atoms with Gasteiger partial charge in [0.2, 0.25) is 0 Å². The van der Waals surface area contributed by atoms with Crippen LogP contribution in [-0.2, 0) is 13.2 Å². The summed E-state index contributed by atoms with van der Waals surface area (Å²) in [6.07, 6.45) is -3.56. The Labute approximate surface area is 112 Å². The first-order valence-corrected chi connectivity index (χ1v) is 5.55. The molecular weight excluding hydrogens is 274 g/mol. The highest BCUT2D eigenvalue weighted by Gasteiger charge is 2.37. The molecule has 0 amide bonds. The van der Waals surface area contributed by atoms with Crippen molar-refractivity contribution in [2.75, 3.05) is 0 Å². The van der Waals surface area contributed by atoms with Gasteiger partial charge in [0.1, 0.15) is 5.82 Å². The number of benzene rings is 1. The van der Waals surface area contributed by atoms with Crippen molar-refractivity contribution in [3.05, 3.63) is 41.0 Å². The van der Waals surface area contributed by atoms with Gasteiger partial charge in [0, 0.05) is 24.4 Å². The van der Waals surface area contributed by atoms with E-state index < -0.39 is 17.7 Å². The first kappa shape index (κ1) is 14.1. The molecule has 0 saturated carbocycles. The van der Waals surface area contributed by atoms with E-state index in [9.17, 15) is 17.6 Å². The SMILES string of the molecule is Cc1cc(C#N)c(-c2cn(C)nc2C(F)(F)F)cc1F. The number of nitriles is 1. The third-order valence-corrected chi connectivity index (χ3v) is 2.81. The lowest BCUT2D eigenvalue weighted by Crippen LogP contribution is -2.08. The van der Waals surface area contributed by atoms with Crippen molar-refractivity contribution in [1.29, 1.82) is 5.26 Å². The minimum Gasteiger partial charge on any atom is -0.275 e. The Kier molecular flexibility index (Phi) is 3.26. The van der Waals surface area contributed by atoms with Gasteiger partial charge in [-0.15, -0.1) is 0 Å². The molecule has 0 aliphatic heterocycles. The number of halogens is 4. The molecule has 7 heteroatoms. The molecule has 0 bridgehead atoms. The summed E-state index contributed by atoms with van der Waals surface area (Å²) in [6, 6.07) is 3.93. The Morgan fingerprint density at radius 2 is 1.90 bits per heavy atom. The van der Waals surface area contributed by atoms with Gasteiger partial charge < -0.3 is 0 Å². The van der Waals surface area contributed by atoms with Gasteiger partial charge in [-0.25, -0.2) is 4.39 Å². The normalized spacial score (nSPS) is 11.4. The van der Waals surface area contributed by atoms with E-state index in [-0.39, 0.29) is 22.3 Å². The molecule has 3 nitrogen and oxygen atoms in total. The van der Waals surface area contributed by atoms with Crippen molar-refractivity contribution in [2.24, 2.45) is 7.05 Å². The Morgan fingerprint density at radius 1 is 1.25 bits per heavy atom. The summed E-state index contributed by atoms with van der Waals surface area (Å²) in [4.78, 5) is 0. The highest BCUT2D eigenvalue weighted by molar-refractivity contribution is 5.73. The second kappa shape index (κ2) is 4.63. The first-order valence-electron chi connectivity index (χ1n) is 5.55. The van der Waals surface area contributed by atoms with Crippen molar-refractivity contribution in [3.8, 4) is 17.2 Å². The molecule has 0 atom stereocenters. The monoisotopic (exact) mass is 283 g/mol. The lowest BCUT2D eigenvalue weighted by atomic mass is 9.98. The van der Waals surface area contributed by atoms with E-state index in [4.69, 9.17) is 5.26 Å². The van der Waals surface area contributed by atoms with Gasteiger partial charge >= 0.3 is 6.18 Å². The minimum atomic E-state index is -4.68. The average Bonchev–Trinajstić information content (AvgIpc) is 2.74. The Morgan fingerprint density at radius 3 is 2.45 bits per heavy atom. The summed E-state index contributed by atoms with van der Waals surface area (Å²) in [5.74, 6) is -0.670. The molecule has 1 heterocycles. The van der Waals surface area contributed by atoms with Gasteiger partial charge in [-0.3, -0.25) is 4.68 Å². The number of nitrogens with zero attached hydrogens (tertiary/aromatic N) is 3. The predicted molar refractivity (Wildman–Crippen MR) is 63.1 cm³/mol. The summed E-state index contributed by atoms with van der Waals surface area (Å²) >= 11 is 0. The number of aromatic nitrogens is 2. The highest BCUT2D eigenvalue weighted by Crippen LogP contribution is 2.37. The second-order valence-corrected chi connectivity index (χ2v) is 4.32. The van der Waals surface area contributed by atoms with Crippen LogP contribution in [0.25, 0.3) is 11.1 Å². The summed E-state index contributed by atoms with van der Waals surface area (Å²) in [5.41, 5.74) is -1.39. The summed E-state index contributed by atoms with van der Waals surface area (Å²) < 4.78 is 53.3. The van der Waals surface area contributed by atoms with E-state index in [1.165, 1.54) is 20.0 Å². The molecule has 0 fully saturated rings. The fourth-order valence-corrected chi connectivity index (χ4v) is 1.89. The number of rotatable bonds is 1. The van der Waals surface area contributed by atoms with Crippen molar-refractivity contribution in [1.82, 2.24) is 9.78 Å². The summed E-state index contributed by atoms with van der Waals surface area (Å²) in [6.45, 7) is 1.44. The largest absolute Gasteiger partial charge is 0.435 e. The minimum absolute atomic E-state index is 0.0256. The maximum atomic E-state index is 13.6. The molecule has 1 aromatic heterocycles. The van der Waals surface area contributed by atoms with Gasteiger partial charge in [-0.2, -0.15) is 23.5 Å². The molecule has 0 radical (unpaired) electrons. The zero-order valence-corrected chi connectivity index (χ0v) is 10.6. The first-order chi connectivity index (χ1) is 9.24. The van der Waals surface area contributed by atoms with Crippen molar-refractivity contribution in [2.45, 2.75) is 13.1 Å². The van der Waals surface area contributed by atoms with Crippen LogP contribution in [0.4, 0.5) is 17.6 Å².